The van der Waals surface area contributed by atoms with Gasteiger partial charge < -0.3 is 20.2 Å². The number of aromatic nitrogens is 1. The number of nitrogen functional groups attached to an aromatic ring is 1. The van der Waals surface area contributed by atoms with E-state index in [9.17, 15) is 21.9 Å². The van der Waals surface area contributed by atoms with Crippen LogP contribution in [-0.4, -0.2) is 61.7 Å². The van der Waals surface area contributed by atoms with Gasteiger partial charge in [-0.2, -0.15) is 8.61 Å². The highest BCUT2D eigenvalue weighted by atomic mass is 32.2. The highest BCUT2D eigenvalue weighted by molar-refractivity contribution is 7.89. The Labute approximate surface area is 203 Å². The van der Waals surface area contributed by atoms with Crippen LogP contribution >= 0.6 is 12.2 Å². The molecule has 0 bridgehead atoms. The molecule has 5 rings (SSSR count). The molecule has 34 heavy (non-hydrogen) atoms. The molecule has 184 valence electrons. The molecule has 2 saturated heterocycles. The van der Waals surface area contributed by atoms with Crippen molar-refractivity contribution in [1.29, 1.82) is 0 Å². The van der Waals surface area contributed by atoms with Crippen molar-refractivity contribution in [2.45, 2.75) is 35.5 Å². The van der Waals surface area contributed by atoms with Gasteiger partial charge >= 0.3 is 0 Å². The lowest BCUT2D eigenvalue weighted by atomic mass is 10.3. The lowest BCUT2D eigenvalue weighted by molar-refractivity contribution is 0.445. The summed E-state index contributed by atoms with van der Waals surface area (Å²) in [6, 6.07) is 9.36. The number of hydrogen-bond donors (Lipinski definition) is 3. The molecular formula is C21H26N4O6S3. The summed E-state index contributed by atoms with van der Waals surface area (Å²) in [6.07, 6.45) is 3.54. The van der Waals surface area contributed by atoms with Gasteiger partial charge in [0.05, 0.1) is 11.2 Å². The van der Waals surface area contributed by atoms with E-state index >= 15 is 0 Å². The molecule has 3 aromatic rings. The van der Waals surface area contributed by atoms with Crippen LogP contribution in [0.25, 0.3) is 11.1 Å². The zero-order valence-corrected chi connectivity index (χ0v) is 20.8. The number of anilines is 1. The Morgan fingerprint density at radius 1 is 0.853 bits per heavy atom. The van der Waals surface area contributed by atoms with Crippen molar-refractivity contribution in [1.82, 2.24) is 13.6 Å². The molecule has 4 N–H and O–H groups in total. The summed E-state index contributed by atoms with van der Waals surface area (Å²) in [7, 11) is -7.07. The highest BCUT2D eigenvalue weighted by Crippen LogP contribution is 2.32. The van der Waals surface area contributed by atoms with Crippen LogP contribution in [0, 0.1) is 4.84 Å². The number of hydrogen-bond acceptors (Lipinski definition) is 8. The minimum absolute atomic E-state index is 0.0836. The first kappa shape index (κ1) is 24.7. The molecule has 0 spiro atoms. The number of aromatic hydroxyl groups is 1. The van der Waals surface area contributed by atoms with E-state index in [1.165, 1.54) is 26.8 Å². The lowest BCUT2D eigenvalue weighted by Gasteiger charge is -2.16. The number of sulfonamides is 2. The number of rotatable bonds is 4. The first-order chi connectivity index (χ1) is 16.1. The second-order valence-corrected chi connectivity index (χ2v) is 12.2. The number of para-hydroxylation sites is 2. The lowest BCUT2D eigenvalue weighted by Crippen LogP contribution is -2.28. The van der Waals surface area contributed by atoms with Gasteiger partial charge in [-0.3, -0.25) is 0 Å². The van der Waals surface area contributed by atoms with Crippen molar-refractivity contribution in [2.24, 2.45) is 0 Å². The molecule has 2 fully saturated rings. The van der Waals surface area contributed by atoms with Crippen LogP contribution in [0.3, 0.4) is 0 Å². The largest absolute Gasteiger partial charge is 0.504 e. The van der Waals surface area contributed by atoms with Gasteiger partial charge in [0, 0.05) is 26.2 Å². The second kappa shape index (κ2) is 9.66. The van der Waals surface area contributed by atoms with E-state index in [4.69, 9.17) is 22.4 Å². The molecule has 10 nitrogen and oxygen atoms in total. The number of phenolic OH excluding ortho intramolecular Hbond substituents is 1. The molecule has 2 aliphatic rings. The standard InChI is InChI=1S/C11H12N2O3S2.C10H14N2O3S/c14-18(15,13-6-1-2-7-13)9-5-3-4-8-10(9)16-11(17)12-8;11-8-4-3-5-9(10(8)13)16(14,15)12-6-1-2-7-12/h3-5H,1-2,6-7H2,(H,12,17);3-5,13H,1-2,6-7,11H2. The van der Waals surface area contributed by atoms with Crippen molar-refractivity contribution < 1.29 is 26.4 Å². The van der Waals surface area contributed by atoms with Crippen molar-refractivity contribution >= 4 is 49.1 Å². The molecule has 2 aromatic carbocycles. The molecule has 0 aliphatic carbocycles. The first-order valence-corrected chi connectivity index (χ1v) is 14.1. The predicted octanol–water partition coefficient (Wildman–Crippen LogP) is 3.03. The third kappa shape index (κ3) is 4.70. The van der Waals surface area contributed by atoms with Crippen molar-refractivity contribution in [2.75, 3.05) is 31.9 Å². The van der Waals surface area contributed by atoms with Crippen molar-refractivity contribution in [3.05, 3.63) is 41.2 Å². The summed E-state index contributed by atoms with van der Waals surface area (Å²) < 4.78 is 57.4. The van der Waals surface area contributed by atoms with E-state index in [1.807, 2.05) is 0 Å². The minimum atomic E-state index is -3.59. The van der Waals surface area contributed by atoms with Crippen LogP contribution in [-0.2, 0) is 20.0 Å². The normalized spacial score (nSPS) is 17.6. The predicted molar refractivity (Wildman–Crippen MR) is 130 cm³/mol. The number of nitrogens with two attached hydrogens (primary N) is 1. The van der Waals surface area contributed by atoms with E-state index in [1.54, 1.807) is 18.2 Å². The molecule has 0 amide bonds. The van der Waals surface area contributed by atoms with E-state index in [2.05, 4.69) is 4.98 Å². The van der Waals surface area contributed by atoms with Gasteiger partial charge in [0.25, 0.3) is 4.84 Å². The average molecular weight is 527 g/mol. The van der Waals surface area contributed by atoms with Crippen molar-refractivity contribution in [3.8, 4) is 5.75 Å². The maximum atomic E-state index is 12.5. The average Bonchev–Trinajstić information content (AvgIpc) is 3.56. The number of H-pyrrole nitrogens is 1. The van der Waals surface area contributed by atoms with Gasteiger partial charge in [0.15, 0.2) is 11.3 Å². The van der Waals surface area contributed by atoms with E-state index in [0.717, 1.165) is 25.7 Å². The number of nitrogens with one attached hydrogen (secondary N) is 1. The van der Waals surface area contributed by atoms with Crippen LogP contribution in [0.15, 0.2) is 50.6 Å². The Balaban J connectivity index is 0.000000162. The summed E-state index contributed by atoms with van der Waals surface area (Å²) in [4.78, 5) is 3.10. The van der Waals surface area contributed by atoms with Crippen LogP contribution in [0.4, 0.5) is 5.69 Å². The van der Waals surface area contributed by atoms with Gasteiger partial charge in [-0.05, 0) is 62.2 Å². The fourth-order valence-corrected chi connectivity index (χ4v) is 7.51. The van der Waals surface area contributed by atoms with E-state index in [0.29, 0.717) is 37.3 Å². The second-order valence-electron chi connectivity index (χ2n) is 8.06. The van der Waals surface area contributed by atoms with Gasteiger partial charge in [-0.1, -0.05) is 12.1 Å². The zero-order chi connectivity index (χ0) is 24.5. The summed E-state index contributed by atoms with van der Waals surface area (Å²) >= 11 is 4.90. The molecule has 3 heterocycles. The SMILES string of the molecule is Nc1cccc(S(=O)(=O)N2CCCC2)c1O.O=S(=O)(c1cccc2[nH]c(=S)oc12)N1CCCC1. The molecule has 0 unspecified atom stereocenters. The minimum Gasteiger partial charge on any atom is -0.504 e. The number of aromatic amines is 1. The number of nitrogens with zero attached hydrogens (tertiary/aromatic N) is 2. The fraction of sp³-hybridized carbons (Fsp3) is 0.381. The Hall–Kier alpha value is -2.45. The highest BCUT2D eigenvalue weighted by Gasteiger charge is 2.31. The Kier molecular flexibility index (Phi) is 7.01. The van der Waals surface area contributed by atoms with Gasteiger partial charge in [-0.15, -0.1) is 0 Å². The summed E-state index contributed by atoms with van der Waals surface area (Å²) in [5, 5.41) is 9.66. The van der Waals surface area contributed by atoms with Gasteiger partial charge in [0.2, 0.25) is 20.0 Å². The molecule has 1 aromatic heterocycles. The van der Waals surface area contributed by atoms with Crippen LogP contribution < -0.4 is 5.73 Å². The number of fused-ring (bicyclic) bond motifs is 1. The number of oxazole rings is 1. The molecule has 2 aliphatic heterocycles. The zero-order valence-electron chi connectivity index (χ0n) is 18.3. The Bertz CT molecular complexity index is 1450. The van der Waals surface area contributed by atoms with Crippen molar-refractivity contribution in [3.63, 3.8) is 0 Å². The molecular weight excluding hydrogens is 500 g/mol. The summed E-state index contributed by atoms with van der Waals surface area (Å²) in [5.41, 5.74) is 6.49. The Morgan fingerprint density at radius 3 is 1.94 bits per heavy atom. The molecule has 0 atom stereocenters. The number of phenols is 1. The van der Waals surface area contributed by atoms with E-state index in [-0.39, 0.29) is 26.1 Å². The van der Waals surface area contributed by atoms with Crippen LogP contribution in [0.2, 0.25) is 0 Å². The quantitative estimate of drug-likeness (QED) is 0.267. The Morgan fingerprint density at radius 2 is 1.35 bits per heavy atom. The fourth-order valence-electron chi connectivity index (χ4n) is 4.03. The summed E-state index contributed by atoms with van der Waals surface area (Å²) in [6.45, 7) is 2.17. The smallest absolute Gasteiger partial charge is 0.266 e. The summed E-state index contributed by atoms with van der Waals surface area (Å²) in [5.74, 6) is -0.352. The van der Waals surface area contributed by atoms with E-state index < -0.39 is 20.0 Å². The van der Waals surface area contributed by atoms with Crippen LogP contribution in [0.1, 0.15) is 25.7 Å². The number of benzene rings is 2. The van der Waals surface area contributed by atoms with Gasteiger partial charge in [-0.25, -0.2) is 16.8 Å². The third-order valence-corrected chi connectivity index (χ3v) is 9.84. The maximum absolute atomic E-state index is 12.5. The third-order valence-electron chi connectivity index (χ3n) is 5.81. The topological polar surface area (TPSA) is 150 Å². The molecule has 0 radical (unpaired) electrons. The molecule has 0 saturated carbocycles. The van der Waals surface area contributed by atoms with Crippen LogP contribution in [0.5, 0.6) is 5.75 Å². The molecule has 13 heteroatoms. The van der Waals surface area contributed by atoms with Gasteiger partial charge in [0.1, 0.15) is 9.79 Å². The first-order valence-electron chi connectivity index (χ1n) is 10.8. The maximum Gasteiger partial charge on any atom is 0.266 e. The monoisotopic (exact) mass is 526 g/mol.